The van der Waals surface area contributed by atoms with E-state index in [1.54, 1.807) is 20.8 Å². The Balaban J connectivity index is 2.34. The van der Waals surface area contributed by atoms with Crippen LogP contribution in [0.1, 0.15) is 33.6 Å². The van der Waals surface area contributed by atoms with E-state index >= 15 is 0 Å². The Morgan fingerprint density at radius 1 is 1.45 bits per heavy atom. The zero-order valence-corrected chi connectivity index (χ0v) is 13.1. The Morgan fingerprint density at radius 3 is 2.64 bits per heavy atom. The molecule has 124 valence electrons. The highest BCUT2D eigenvalue weighted by atomic mass is 16.6. The fourth-order valence-corrected chi connectivity index (χ4v) is 2.05. The van der Waals surface area contributed by atoms with Gasteiger partial charge in [-0.05, 0) is 33.6 Å². The molecule has 1 aliphatic rings. The zero-order valence-electron chi connectivity index (χ0n) is 13.1. The van der Waals surface area contributed by atoms with Crippen molar-refractivity contribution in [3.8, 4) is 0 Å². The van der Waals surface area contributed by atoms with E-state index in [4.69, 9.17) is 4.74 Å². The maximum Gasteiger partial charge on any atom is 0.408 e. The molecule has 0 aromatic carbocycles. The number of hydrogen-bond acceptors (Lipinski definition) is 5. The van der Waals surface area contributed by atoms with E-state index in [9.17, 15) is 19.2 Å². The molecule has 0 aromatic heterocycles. The Morgan fingerprint density at radius 2 is 2.14 bits per heavy atom. The SMILES string of the molecule is CC(C)(C)OC(=O)NCC(=O)NC(C=O)CC1CCNC1=O. The average Bonchev–Trinajstić information content (AvgIpc) is 2.79. The summed E-state index contributed by atoms with van der Waals surface area (Å²) in [6.45, 7) is 5.42. The maximum absolute atomic E-state index is 11.7. The zero-order chi connectivity index (χ0) is 16.8. The third kappa shape index (κ3) is 6.55. The minimum Gasteiger partial charge on any atom is -0.444 e. The van der Waals surface area contributed by atoms with Crippen molar-refractivity contribution in [1.82, 2.24) is 16.0 Å². The molecule has 0 aromatic rings. The number of hydrogen-bond donors (Lipinski definition) is 3. The van der Waals surface area contributed by atoms with E-state index in [1.807, 2.05) is 0 Å². The summed E-state index contributed by atoms with van der Waals surface area (Å²) in [6, 6.07) is -0.748. The highest BCUT2D eigenvalue weighted by Gasteiger charge is 2.27. The number of nitrogens with one attached hydrogen (secondary N) is 3. The predicted molar refractivity (Wildman–Crippen MR) is 78.0 cm³/mol. The molecule has 0 saturated carbocycles. The van der Waals surface area contributed by atoms with E-state index in [1.165, 1.54) is 0 Å². The molecule has 1 rings (SSSR count). The summed E-state index contributed by atoms with van der Waals surface area (Å²) >= 11 is 0. The van der Waals surface area contributed by atoms with Crippen LogP contribution in [0, 0.1) is 5.92 Å². The minimum absolute atomic E-state index is 0.104. The van der Waals surface area contributed by atoms with Crippen LogP contribution in [-0.2, 0) is 19.1 Å². The van der Waals surface area contributed by atoms with Gasteiger partial charge in [0.1, 0.15) is 18.4 Å². The molecular weight excluding hydrogens is 290 g/mol. The number of aldehydes is 1. The van der Waals surface area contributed by atoms with Gasteiger partial charge in [-0.1, -0.05) is 0 Å². The fourth-order valence-electron chi connectivity index (χ4n) is 2.05. The molecule has 0 radical (unpaired) electrons. The molecule has 2 atom stereocenters. The molecular formula is C14H23N3O5. The van der Waals surface area contributed by atoms with Crippen LogP contribution in [0.15, 0.2) is 0 Å². The van der Waals surface area contributed by atoms with Gasteiger partial charge in [-0.3, -0.25) is 9.59 Å². The largest absolute Gasteiger partial charge is 0.444 e. The molecule has 0 bridgehead atoms. The minimum atomic E-state index is -0.748. The second-order valence-corrected chi connectivity index (χ2v) is 6.18. The van der Waals surface area contributed by atoms with E-state index in [0.29, 0.717) is 19.3 Å². The quantitative estimate of drug-likeness (QED) is 0.584. The molecule has 1 fully saturated rings. The van der Waals surface area contributed by atoms with Crippen molar-refractivity contribution in [1.29, 1.82) is 0 Å². The molecule has 8 heteroatoms. The predicted octanol–water partition coefficient (Wildman–Crippen LogP) is -0.279. The van der Waals surface area contributed by atoms with E-state index in [-0.39, 0.29) is 24.8 Å². The first-order chi connectivity index (χ1) is 10.2. The molecule has 1 aliphatic heterocycles. The lowest BCUT2D eigenvalue weighted by atomic mass is 9.99. The van der Waals surface area contributed by atoms with E-state index in [2.05, 4.69) is 16.0 Å². The van der Waals surface area contributed by atoms with Crippen molar-refractivity contribution in [2.75, 3.05) is 13.1 Å². The number of amides is 3. The van der Waals surface area contributed by atoms with Gasteiger partial charge in [0.05, 0.1) is 6.04 Å². The van der Waals surface area contributed by atoms with Crippen molar-refractivity contribution in [2.24, 2.45) is 5.92 Å². The number of ether oxygens (including phenoxy) is 1. The second kappa shape index (κ2) is 7.77. The second-order valence-electron chi connectivity index (χ2n) is 6.18. The van der Waals surface area contributed by atoms with Gasteiger partial charge in [0.15, 0.2) is 0 Å². The monoisotopic (exact) mass is 313 g/mol. The summed E-state index contributed by atoms with van der Waals surface area (Å²) < 4.78 is 4.99. The molecule has 3 amide bonds. The summed E-state index contributed by atoms with van der Waals surface area (Å²) in [7, 11) is 0. The molecule has 1 heterocycles. The van der Waals surface area contributed by atoms with Gasteiger partial charge < -0.3 is 25.5 Å². The van der Waals surface area contributed by atoms with Crippen LogP contribution in [0.5, 0.6) is 0 Å². The van der Waals surface area contributed by atoms with Gasteiger partial charge in [-0.2, -0.15) is 0 Å². The van der Waals surface area contributed by atoms with E-state index < -0.39 is 23.6 Å². The van der Waals surface area contributed by atoms with Crippen molar-refractivity contribution < 1.29 is 23.9 Å². The van der Waals surface area contributed by atoms with Crippen LogP contribution >= 0.6 is 0 Å². The van der Waals surface area contributed by atoms with Gasteiger partial charge in [-0.25, -0.2) is 4.79 Å². The van der Waals surface area contributed by atoms with Crippen LogP contribution in [0.25, 0.3) is 0 Å². The summed E-state index contributed by atoms with van der Waals surface area (Å²) in [5.74, 6) is -0.886. The third-order valence-electron chi connectivity index (χ3n) is 3.00. The normalized spacial score (nSPS) is 19.0. The van der Waals surface area contributed by atoms with Gasteiger partial charge in [-0.15, -0.1) is 0 Å². The first-order valence-electron chi connectivity index (χ1n) is 7.20. The molecule has 22 heavy (non-hydrogen) atoms. The van der Waals surface area contributed by atoms with Gasteiger partial charge >= 0.3 is 6.09 Å². The molecule has 0 aliphatic carbocycles. The van der Waals surface area contributed by atoms with Gasteiger partial charge in [0, 0.05) is 12.5 Å². The van der Waals surface area contributed by atoms with Crippen LogP contribution in [0.3, 0.4) is 0 Å². The summed E-state index contributed by atoms with van der Waals surface area (Å²) in [5.41, 5.74) is -0.651. The smallest absolute Gasteiger partial charge is 0.408 e. The first kappa shape index (κ1) is 17.9. The number of alkyl carbamates (subject to hydrolysis) is 1. The summed E-state index contributed by atoms with van der Waals surface area (Å²) in [5, 5.41) is 7.45. The van der Waals surface area contributed by atoms with E-state index in [0.717, 1.165) is 0 Å². The first-order valence-corrected chi connectivity index (χ1v) is 7.20. The van der Waals surface area contributed by atoms with Crippen molar-refractivity contribution >= 4 is 24.2 Å². The topological polar surface area (TPSA) is 114 Å². The van der Waals surface area contributed by atoms with Crippen molar-refractivity contribution in [3.63, 3.8) is 0 Å². The van der Waals surface area contributed by atoms with Gasteiger partial charge in [0.25, 0.3) is 0 Å². The molecule has 8 nitrogen and oxygen atoms in total. The lowest BCUT2D eigenvalue weighted by Crippen LogP contribution is -2.44. The number of carbonyl (C=O) groups excluding carboxylic acids is 4. The summed E-state index contributed by atoms with van der Waals surface area (Å²) in [6.07, 6.45) is 0.792. The molecule has 2 unspecified atom stereocenters. The van der Waals surface area contributed by atoms with Crippen molar-refractivity contribution in [3.05, 3.63) is 0 Å². The Kier molecular flexibility index (Phi) is 6.33. The Hall–Kier alpha value is -2.12. The molecule has 1 saturated heterocycles. The van der Waals surface area contributed by atoms with Crippen LogP contribution in [-0.4, -0.2) is 48.9 Å². The highest BCUT2D eigenvalue weighted by molar-refractivity contribution is 5.85. The van der Waals surface area contributed by atoms with Crippen LogP contribution in [0.2, 0.25) is 0 Å². The average molecular weight is 313 g/mol. The van der Waals surface area contributed by atoms with Crippen molar-refractivity contribution in [2.45, 2.75) is 45.3 Å². The number of rotatable bonds is 6. The fraction of sp³-hybridized carbons (Fsp3) is 0.714. The van der Waals surface area contributed by atoms with Gasteiger partial charge in [0.2, 0.25) is 11.8 Å². The lowest BCUT2D eigenvalue weighted by Gasteiger charge is -2.20. The highest BCUT2D eigenvalue weighted by Crippen LogP contribution is 2.15. The number of carbonyl (C=O) groups is 4. The summed E-state index contributed by atoms with van der Waals surface area (Å²) in [4.78, 5) is 45.5. The third-order valence-corrected chi connectivity index (χ3v) is 3.00. The Bertz CT molecular complexity index is 444. The standard InChI is InChI=1S/C14H23N3O5/c1-14(2,3)22-13(21)16-7-11(19)17-10(8-18)6-9-4-5-15-12(9)20/h8-10H,4-7H2,1-3H3,(H,15,20)(H,16,21)(H,17,19). The molecule has 3 N–H and O–H groups in total. The Labute approximate surface area is 129 Å². The molecule has 0 spiro atoms. The lowest BCUT2D eigenvalue weighted by molar-refractivity contribution is -0.125. The van der Waals surface area contributed by atoms with Crippen LogP contribution in [0.4, 0.5) is 4.79 Å². The van der Waals surface area contributed by atoms with Crippen LogP contribution < -0.4 is 16.0 Å². The maximum atomic E-state index is 11.7.